The predicted molar refractivity (Wildman–Crippen MR) is 104 cm³/mol. The van der Waals surface area contributed by atoms with Gasteiger partial charge in [0.05, 0.1) is 16.9 Å². The number of hydrogen-bond acceptors (Lipinski definition) is 4. The highest BCUT2D eigenvalue weighted by molar-refractivity contribution is 6.34. The van der Waals surface area contributed by atoms with Gasteiger partial charge in [0.25, 0.3) is 11.8 Å². The van der Waals surface area contributed by atoms with E-state index in [-0.39, 0.29) is 17.3 Å². The molecule has 28 heavy (non-hydrogen) atoms. The standard InChI is InChI=1S/C19H15ClN4O4/c1-10-8-11(23-18(26)15-16(19(27)28)22-9-21-15)6-7-14(10)24-17(25)12-4-2-3-5-13(12)20/h2-9H,1H3,(H,21,22)(H,23,26)(H,24,25)(H,27,28). The van der Waals surface area contributed by atoms with E-state index in [0.717, 1.165) is 6.33 Å². The van der Waals surface area contributed by atoms with Gasteiger partial charge in [-0.05, 0) is 42.8 Å². The van der Waals surface area contributed by atoms with Gasteiger partial charge in [0.1, 0.15) is 0 Å². The number of aromatic amines is 1. The molecule has 8 nitrogen and oxygen atoms in total. The molecule has 3 rings (SSSR count). The number of halogens is 1. The van der Waals surface area contributed by atoms with Crippen molar-refractivity contribution in [2.75, 3.05) is 10.6 Å². The van der Waals surface area contributed by atoms with Crippen molar-refractivity contribution in [3.05, 3.63) is 76.3 Å². The molecule has 2 amide bonds. The summed E-state index contributed by atoms with van der Waals surface area (Å²) in [4.78, 5) is 41.9. The van der Waals surface area contributed by atoms with Crippen molar-refractivity contribution >= 4 is 40.8 Å². The Balaban J connectivity index is 1.74. The molecule has 9 heteroatoms. The first kappa shape index (κ1) is 19.1. The minimum absolute atomic E-state index is 0.221. The van der Waals surface area contributed by atoms with E-state index in [2.05, 4.69) is 20.6 Å². The third-order valence-corrected chi connectivity index (χ3v) is 4.25. The summed E-state index contributed by atoms with van der Waals surface area (Å²) in [5.41, 5.74) is 1.50. The van der Waals surface area contributed by atoms with Crippen LogP contribution in [0.25, 0.3) is 0 Å². The highest BCUT2D eigenvalue weighted by Crippen LogP contribution is 2.23. The van der Waals surface area contributed by atoms with Crippen LogP contribution in [0.4, 0.5) is 11.4 Å². The van der Waals surface area contributed by atoms with Gasteiger partial charge in [-0.25, -0.2) is 9.78 Å². The van der Waals surface area contributed by atoms with Gasteiger partial charge in [-0.1, -0.05) is 23.7 Å². The summed E-state index contributed by atoms with van der Waals surface area (Å²) in [6.45, 7) is 1.76. The molecule has 0 aliphatic rings. The number of imidazole rings is 1. The minimum atomic E-state index is -1.28. The average Bonchev–Trinajstić information content (AvgIpc) is 3.14. The van der Waals surface area contributed by atoms with Crippen LogP contribution in [0.2, 0.25) is 5.02 Å². The zero-order valence-corrected chi connectivity index (χ0v) is 15.4. The maximum atomic E-state index is 12.4. The van der Waals surface area contributed by atoms with Crippen LogP contribution in [0.3, 0.4) is 0 Å². The molecule has 3 aromatic rings. The quantitative estimate of drug-likeness (QED) is 0.523. The van der Waals surface area contributed by atoms with Gasteiger partial charge in [0.15, 0.2) is 11.4 Å². The average molecular weight is 399 g/mol. The highest BCUT2D eigenvalue weighted by atomic mass is 35.5. The molecule has 4 N–H and O–H groups in total. The monoisotopic (exact) mass is 398 g/mol. The van der Waals surface area contributed by atoms with Gasteiger partial charge >= 0.3 is 5.97 Å². The second kappa shape index (κ2) is 7.93. The Bertz CT molecular complexity index is 1080. The van der Waals surface area contributed by atoms with Crippen molar-refractivity contribution in [1.82, 2.24) is 9.97 Å². The number of aromatic nitrogens is 2. The number of rotatable bonds is 5. The molecule has 0 radical (unpaired) electrons. The fraction of sp³-hybridized carbons (Fsp3) is 0.0526. The summed E-state index contributed by atoms with van der Waals surface area (Å²) in [7, 11) is 0. The maximum Gasteiger partial charge on any atom is 0.354 e. The molecule has 0 saturated carbocycles. The van der Waals surface area contributed by atoms with Crippen LogP contribution in [-0.4, -0.2) is 32.9 Å². The first-order valence-corrected chi connectivity index (χ1v) is 8.49. The number of nitrogens with one attached hydrogen (secondary N) is 3. The summed E-state index contributed by atoms with van der Waals surface area (Å²) in [6.07, 6.45) is 1.14. The third-order valence-electron chi connectivity index (χ3n) is 3.92. The first-order valence-electron chi connectivity index (χ1n) is 8.11. The highest BCUT2D eigenvalue weighted by Gasteiger charge is 2.20. The molecule has 0 aliphatic carbocycles. The Morgan fingerprint density at radius 2 is 1.82 bits per heavy atom. The lowest BCUT2D eigenvalue weighted by atomic mass is 10.1. The molecule has 1 heterocycles. The number of carboxylic acid groups (broad SMARTS) is 1. The number of H-pyrrole nitrogens is 1. The summed E-state index contributed by atoms with van der Waals surface area (Å²) in [5, 5.41) is 14.7. The number of carbonyl (C=O) groups excluding carboxylic acids is 2. The molecule has 0 atom stereocenters. The zero-order valence-electron chi connectivity index (χ0n) is 14.6. The SMILES string of the molecule is Cc1cc(NC(=O)c2nc[nH]c2C(=O)O)ccc1NC(=O)c1ccccc1Cl. The van der Waals surface area contributed by atoms with Crippen molar-refractivity contribution < 1.29 is 19.5 Å². The number of anilines is 2. The molecule has 0 fully saturated rings. The maximum absolute atomic E-state index is 12.4. The van der Waals surface area contributed by atoms with Crippen LogP contribution in [0, 0.1) is 6.92 Å². The number of benzene rings is 2. The van der Waals surface area contributed by atoms with Crippen LogP contribution < -0.4 is 10.6 Å². The Hall–Kier alpha value is -3.65. The molecule has 142 valence electrons. The molecular formula is C19H15ClN4O4. The van der Waals surface area contributed by atoms with Gasteiger partial charge in [-0.2, -0.15) is 0 Å². The molecule has 1 aromatic heterocycles. The Kier molecular flexibility index (Phi) is 5.42. The van der Waals surface area contributed by atoms with Gasteiger partial charge < -0.3 is 20.7 Å². The van der Waals surface area contributed by atoms with Gasteiger partial charge in [0.2, 0.25) is 0 Å². The molecule has 0 aliphatic heterocycles. The van der Waals surface area contributed by atoms with Gasteiger partial charge in [0, 0.05) is 11.4 Å². The Labute approximate surface area is 164 Å². The van der Waals surface area contributed by atoms with Crippen LogP contribution in [-0.2, 0) is 0 Å². The van der Waals surface area contributed by atoms with Crippen molar-refractivity contribution in [1.29, 1.82) is 0 Å². The van der Waals surface area contributed by atoms with Crippen LogP contribution in [0.1, 0.15) is 36.9 Å². The fourth-order valence-corrected chi connectivity index (χ4v) is 2.76. The first-order chi connectivity index (χ1) is 13.4. The van der Waals surface area contributed by atoms with E-state index in [0.29, 0.717) is 27.5 Å². The van der Waals surface area contributed by atoms with E-state index in [4.69, 9.17) is 16.7 Å². The third kappa shape index (κ3) is 4.02. The second-order valence-corrected chi connectivity index (χ2v) is 6.26. The van der Waals surface area contributed by atoms with Crippen LogP contribution in [0.5, 0.6) is 0 Å². The number of hydrogen-bond donors (Lipinski definition) is 4. The van der Waals surface area contributed by atoms with E-state index in [9.17, 15) is 14.4 Å². The van der Waals surface area contributed by atoms with Crippen molar-refractivity contribution in [3.8, 4) is 0 Å². The lowest BCUT2D eigenvalue weighted by Crippen LogP contribution is -2.17. The van der Waals surface area contributed by atoms with Crippen molar-refractivity contribution in [3.63, 3.8) is 0 Å². The van der Waals surface area contributed by atoms with Crippen molar-refractivity contribution in [2.24, 2.45) is 0 Å². The summed E-state index contributed by atoms with van der Waals surface area (Å²) in [5.74, 6) is -2.30. The normalized spacial score (nSPS) is 10.4. The van der Waals surface area contributed by atoms with E-state index in [1.54, 1.807) is 49.4 Å². The number of nitrogens with zero attached hydrogens (tertiary/aromatic N) is 1. The summed E-state index contributed by atoms with van der Waals surface area (Å²) >= 11 is 6.03. The number of carbonyl (C=O) groups is 3. The lowest BCUT2D eigenvalue weighted by Gasteiger charge is -2.11. The molecule has 0 saturated heterocycles. The Morgan fingerprint density at radius 1 is 1.07 bits per heavy atom. The van der Waals surface area contributed by atoms with E-state index in [1.807, 2.05) is 0 Å². The van der Waals surface area contributed by atoms with Gasteiger partial charge in [-0.15, -0.1) is 0 Å². The lowest BCUT2D eigenvalue weighted by molar-refractivity contribution is 0.0686. The second-order valence-electron chi connectivity index (χ2n) is 5.85. The van der Waals surface area contributed by atoms with Crippen molar-refractivity contribution in [2.45, 2.75) is 6.92 Å². The molecule has 0 bridgehead atoms. The van der Waals surface area contributed by atoms with E-state index >= 15 is 0 Å². The molecular weight excluding hydrogens is 384 g/mol. The number of amides is 2. The minimum Gasteiger partial charge on any atom is -0.477 e. The topological polar surface area (TPSA) is 124 Å². The molecule has 0 unspecified atom stereocenters. The largest absolute Gasteiger partial charge is 0.477 e. The van der Waals surface area contributed by atoms with E-state index in [1.165, 1.54) is 0 Å². The van der Waals surface area contributed by atoms with Crippen LogP contribution in [0.15, 0.2) is 48.8 Å². The molecule has 0 spiro atoms. The molecule has 2 aromatic carbocycles. The smallest absolute Gasteiger partial charge is 0.354 e. The number of carboxylic acids is 1. The summed E-state index contributed by atoms with van der Waals surface area (Å²) in [6, 6.07) is 11.5. The predicted octanol–water partition coefficient (Wildman–Crippen LogP) is 3.57. The number of aromatic carboxylic acids is 1. The zero-order chi connectivity index (χ0) is 20.3. The Morgan fingerprint density at radius 3 is 2.50 bits per heavy atom. The van der Waals surface area contributed by atoms with Crippen LogP contribution >= 0.6 is 11.6 Å². The summed E-state index contributed by atoms with van der Waals surface area (Å²) < 4.78 is 0. The number of aryl methyl sites for hydroxylation is 1. The van der Waals surface area contributed by atoms with Gasteiger partial charge in [-0.3, -0.25) is 9.59 Å². The fourth-order valence-electron chi connectivity index (χ4n) is 2.54. The van der Waals surface area contributed by atoms with E-state index < -0.39 is 11.9 Å².